The van der Waals surface area contributed by atoms with Crippen molar-refractivity contribution in [2.24, 2.45) is 0 Å². The molecule has 0 saturated heterocycles. The number of phosphoric acid groups is 1. The maximum atomic E-state index is 8.55. The summed E-state index contributed by atoms with van der Waals surface area (Å²) in [4.78, 5) is 37.6. The molecule has 10 nitrogen and oxygen atoms in total. The van der Waals surface area contributed by atoms with Crippen LogP contribution >= 0.6 is 7.82 Å². The van der Waals surface area contributed by atoms with E-state index in [1.807, 2.05) is 75.7 Å². The van der Waals surface area contributed by atoms with Crippen molar-refractivity contribution in [3.63, 3.8) is 0 Å². The van der Waals surface area contributed by atoms with E-state index < -0.39 is 7.82 Å². The van der Waals surface area contributed by atoms with Gasteiger partial charge in [0.15, 0.2) is 0 Å². The zero-order chi connectivity index (χ0) is 22.0. The van der Waals surface area contributed by atoms with Gasteiger partial charge in [0, 0.05) is 39.7 Å². The molecule has 32 heavy (non-hydrogen) atoms. The van der Waals surface area contributed by atoms with E-state index in [0.29, 0.717) is 0 Å². The topological polar surface area (TPSA) is 161 Å². The second kappa shape index (κ2) is 25.6. The van der Waals surface area contributed by atoms with Crippen molar-refractivity contribution < 1.29 is 108 Å². The number of hydrogen-bond acceptors (Lipinski definition) is 10. The first kappa shape index (κ1) is 39.2. The molecule has 0 amide bonds. The Balaban J connectivity index is -0.000000161. The Morgan fingerprint density at radius 3 is 0.906 bits per heavy atom. The molecule has 0 spiro atoms. The van der Waals surface area contributed by atoms with Crippen LogP contribution < -0.4 is 119 Å². The van der Waals surface area contributed by atoms with Crippen LogP contribution in [-0.4, -0.2) is 36.1 Å². The molecular weight excluding hydrogens is 464 g/mol. The second-order valence-electron chi connectivity index (χ2n) is 4.84. The van der Waals surface area contributed by atoms with E-state index in [1.54, 1.807) is 18.6 Å². The van der Waals surface area contributed by atoms with Gasteiger partial charge in [0.1, 0.15) is 17.5 Å². The number of pyridine rings is 3. The van der Waals surface area contributed by atoms with Gasteiger partial charge in [-0.1, -0.05) is 18.2 Å². The molecule has 3 rings (SSSR count). The van der Waals surface area contributed by atoms with Gasteiger partial charge >= 0.3 is 88.7 Å². The van der Waals surface area contributed by atoms with Crippen molar-refractivity contribution in [1.29, 1.82) is 0 Å². The Kier molecular flexibility index (Phi) is 31.3. The molecule has 0 aromatic carbocycles. The van der Waals surface area contributed by atoms with Crippen LogP contribution in [0.1, 0.15) is 0 Å². The van der Waals surface area contributed by atoms with E-state index >= 15 is 0 Å². The predicted molar refractivity (Wildman–Crippen MR) is 109 cm³/mol. The van der Waals surface area contributed by atoms with E-state index in [1.165, 1.54) is 0 Å². The second-order valence-corrected chi connectivity index (χ2v) is 5.74. The summed E-state index contributed by atoms with van der Waals surface area (Å²) in [6, 6.07) is 17.2. The van der Waals surface area contributed by atoms with Crippen molar-refractivity contribution in [2.45, 2.75) is 0 Å². The van der Waals surface area contributed by atoms with Crippen molar-refractivity contribution in [3.05, 3.63) is 73.2 Å². The van der Waals surface area contributed by atoms with Crippen LogP contribution in [0.2, 0.25) is 0 Å². The Hall–Kier alpha value is -0.0400. The Morgan fingerprint density at radius 1 is 0.594 bits per heavy atom. The molecule has 0 aliphatic rings. The average Bonchev–Trinajstić information content (AvgIpc) is 2.75. The fourth-order valence-corrected chi connectivity index (χ4v) is 1.53. The smallest absolute Gasteiger partial charge is 0.822 e. The van der Waals surface area contributed by atoms with Crippen LogP contribution in [0.5, 0.6) is 0 Å². The predicted octanol–water partition coefficient (Wildman–Crippen LogP) is -8.44. The van der Waals surface area contributed by atoms with Crippen LogP contribution in [0.4, 0.5) is 17.5 Å². The summed E-state index contributed by atoms with van der Waals surface area (Å²) in [5.41, 5.74) is 0. The fourth-order valence-electron chi connectivity index (χ4n) is 1.53. The summed E-state index contributed by atoms with van der Waals surface area (Å²) in [6.07, 6.45) is 5.27. The van der Waals surface area contributed by atoms with Crippen LogP contribution in [0, 0.1) is 0 Å². The zero-order valence-electron chi connectivity index (χ0n) is 19.4. The third-order valence-corrected chi connectivity index (χ3v) is 2.76. The van der Waals surface area contributed by atoms with Gasteiger partial charge in [-0.2, -0.15) is 7.82 Å². The van der Waals surface area contributed by atoms with Gasteiger partial charge in [-0.15, -0.1) is 0 Å². The van der Waals surface area contributed by atoms with Gasteiger partial charge in [0.2, 0.25) is 0 Å². The summed E-state index contributed by atoms with van der Waals surface area (Å²) in [7, 11) is 0.160. The number of rotatable bonds is 3. The van der Waals surface area contributed by atoms with E-state index in [-0.39, 0.29) is 88.7 Å². The summed E-state index contributed by atoms with van der Waals surface area (Å²) < 4.78 is 8.55. The molecule has 0 unspecified atom stereocenters. The molecule has 0 radical (unpaired) electrons. The monoisotopic (exact) mass is 488 g/mol. The Labute approximate surface area is 255 Å². The first-order chi connectivity index (χ1) is 13.8. The SMILES string of the molecule is CNc1ccccn1.CNc1ccccn1.CNc1ccccn1.O=P([O-])([O-])[O-].[Na+].[Na+].[Na+]. The van der Waals surface area contributed by atoms with Gasteiger partial charge in [-0.05, 0) is 36.4 Å². The molecule has 0 bridgehead atoms. The number of nitrogens with zero attached hydrogens (tertiary/aromatic N) is 3. The van der Waals surface area contributed by atoms with Crippen molar-refractivity contribution >= 4 is 25.3 Å². The molecule has 158 valence electrons. The van der Waals surface area contributed by atoms with Gasteiger partial charge in [0.05, 0.1) is 0 Å². The molecule has 3 aromatic heterocycles. The maximum Gasteiger partial charge on any atom is 1.00 e. The summed E-state index contributed by atoms with van der Waals surface area (Å²) in [6.45, 7) is 0. The van der Waals surface area contributed by atoms with Crippen LogP contribution in [-0.2, 0) is 4.57 Å². The molecule has 3 N–H and O–H groups in total. The molecule has 3 heterocycles. The molecular formula is C18H24N6Na3O4P. The number of anilines is 3. The van der Waals surface area contributed by atoms with Crippen molar-refractivity contribution in [2.75, 3.05) is 37.1 Å². The third-order valence-electron chi connectivity index (χ3n) is 2.76. The summed E-state index contributed by atoms with van der Waals surface area (Å²) in [5, 5.41) is 8.75. The number of hydrogen-bond donors (Lipinski definition) is 3. The van der Waals surface area contributed by atoms with Crippen LogP contribution in [0.3, 0.4) is 0 Å². The minimum absolute atomic E-state index is 0. The minimum Gasteiger partial charge on any atom is -0.822 e. The normalized spacial score (nSPS) is 8.31. The molecule has 14 heteroatoms. The molecule has 3 aromatic rings. The standard InChI is InChI=1S/3C6H8N2.3Na.H3O4P/c3*1-7-6-4-2-3-5-8-6;;;;1-5(2,3)4/h3*2-5H,1H3,(H,7,8);;;;(H3,1,2,3,4)/q;;;3*+1;/p-3. The Bertz CT molecular complexity index is 703. The average molecular weight is 488 g/mol. The summed E-state index contributed by atoms with van der Waals surface area (Å²) >= 11 is 0. The quantitative estimate of drug-likeness (QED) is 0.239. The number of nitrogens with one attached hydrogen (secondary N) is 3. The van der Waals surface area contributed by atoms with Gasteiger partial charge < -0.3 is 35.2 Å². The third kappa shape index (κ3) is 28.0. The summed E-state index contributed by atoms with van der Waals surface area (Å²) in [5.74, 6) is 2.73. The van der Waals surface area contributed by atoms with Crippen molar-refractivity contribution in [1.82, 2.24) is 15.0 Å². The van der Waals surface area contributed by atoms with Crippen molar-refractivity contribution in [3.8, 4) is 0 Å². The minimum atomic E-state index is -5.39. The van der Waals surface area contributed by atoms with Gasteiger partial charge in [-0.25, -0.2) is 15.0 Å². The zero-order valence-corrected chi connectivity index (χ0v) is 26.2. The Morgan fingerprint density at radius 2 is 0.812 bits per heavy atom. The van der Waals surface area contributed by atoms with E-state index in [0.717, 1.165) is 17.5 Å². The molecule has 0 fully saturated rings. The van der Waals surface area contributed by atoms with Crippen LogP contribution in [0.15, 0.2) is 73.2 Å². The number of aromatic nitrogens is 3. The van der Waals surface area contributed by atoms with E-state index in [2.05, 4.69) is 30.9 Å². The maximum absolute atomic E-state index is 8.55. The van der Waals surface area contributed by atoms with Gasteiger partial charge in [-0.3, -0.25) is 0 Å². The van der Waals surface area contributed by atoms with E-state index in [4.69, 9.17) is 19.2 Å². The molecule has 0 atom stereocenters. The fraction of sp³-hybridized carbons (Fsp3) is 0.167. The first-order valence-electron chi connectivity index (χ1n) is 8.29. The van der Waals surface area contributed by atoms with Gasteiger partial charge in [0.25, 0.3) is 0 Å². The first-order valence-corrected chi connectivity index (χ1v) is 9.75. The van der Waals surface area contributed by atoms with Crippen LogP contribution in [0.25, 0.3) is 0 Å². The molecule has 0 saturated carbocycles. The molecule has 0 aliphatic heterocycles. The largest absolute Gasteiger partial charge is 1.00 e. The van der Waals surface area contributed by atoms with E-state index in [9.17, 15) is 0 Å². The molecule has 0 aliphatic carbocycles.